The van der Waals surface area contributed by atoms with Crippen molar-refractivity contribution in [2.24, 2.45) is 5.92 Å². The van der Waals surface area contributed by atoms with Gasteiger partial charge in [0.15, 0.2) is 0 Å². The maximum atomic E-state index is 12.7. The van der Waals surface area contributed by atoms with Gasteiger partial charge in [0.05, 0.1) is 0 Å². The fraction of sp³-hybridized carbons (Fsp3) is 0.467. The van der Waals surface area contributed by atoms with E-state index < -0.39 is 6.04 Å². The highest BCUT2D eigenvalue weighted by molar-refractivity contribution is 5.87. The summed E-state index contributed by atoms with van der Waals surface area (Å²) in [5.74, 6) is -0.678. The molecule has 20 heavy (non-hydrogen) atoms. The van der Waals surface area contributed by atoms with Crippen LogP contribution in [-0.4, -0.2) is 24.4 Å². The standard InChI is InChI=1S/C15H21FN2O2/c1-10(2)14(18-11(3)19)15(20)17-9-8-12-4-6-13(16)7-5-12/h4-7,10,14H,8-9H2,1-3H3,(H,17,20)(H,18,19)/t14-/m0/s1. The minimum atomic E-state index is -0.527. The van der Waals surface area contributed by atoms with E-state index in [-0.39, 0.29) is 23.5 Å². The SMILES string of the molecule is CC(=O)N[C@H](C(=O)NCCc1ccc(F)cc1)C(C)C. The zero-order chi connectivity index (χ0) is 15.1. The number of hydrogen-bond acceptors (Lipinski definition) is 2. The topological polar surface area (TPSA) is 58.2 Å². The van der Waals surface area contributed by atoms with Gasteiger partial charge in [0.25, 0.3) is 0 Å². The summed E-state index contributed by atoms with van der Waals surface area (Å²) in [5, 5.41) is 5.42. The number of hydrogen-bond donors (Lipinski definition) is 2. The predicted molar refractivity (Wildman–Crippen MR) is 75.6 cm³/mol. The van der Waals surface area contributed by atoms with E-state index in [9.17, 15) is 14.0 Å². The van der Waals surface area contributed by atoms with Gasteiger partial charge in [-0.2, -0.15) is 0 Å². The summed E-state index contributed by atoms with van der Waals surface area (Å²) in [6.07, 6.45) is 0.622. The lowest BCUT2D eigenvalue weighted by Crippen LogP contribution is -2.49. The summed E-state index contributed by atoms with van der Waals surface area (Å²) in [6.45, 7) is 5.59. The fourth-order valence-electron chi connectivity index (χ4n) is 1.85. The molecule has 0 bridgehead atoms. The van der Waals surface area contributed by atoms with Gasteiger partial charge in [-0.3, -0.25) is 9.59 Å². The fourth-order valence-corrected chi connectivity index (χ4v) is 1.85. The van der Waals surface area contributed by atoms with Crippen molar-refractivity contribution >= 4 is 11.8 Å². The van der Waals surface area contributed by atoms with Crippen molar-refractivity contribution in [1.29, 1.82) is 0 Å². The van der Waals surface area contributed by atoms with Crippen LogP contribution in [0.2, 0.25) is 0 Å². The molecule has 0 heterocycles. The summed E-state index contributed by atoms with van der Waals surface area (Å²) in [6, 6.07) is 5.64. The van der Waals surface area contributed by atoms with Crippen molar-refractivity contribution in [2.75, 3.05) is 6.54 Å². The Labute approximate surface area is 118 Å². The Kier molecular flexibility index (Phi) is 6.15. The number of amides is 2. The smallest absolute Gasteiger partial charge is 0.242 e. The van der Waals surface area contributed by atoms with Gasteiger partial charge in [-0.15, -0.1) is 0 Å². The average molecular weight is 280 g/mol. The van der Waals surface area contributed by atoms with E-state index in [1.54, 1.807) is 12.1 Å². The van der Waals surface area contributed by atoms with Crippen LogP contribution in [-0.2, 0) is 16.0 Å². The molecule has 1 atom stereocenters. The Bertz CT molecular complexity index is 457. The van der Waals surface area contributed by atoms with E-state index in [1.807, 2.05) is 13.8 Å². The van der Waals surface area contributed by atoms with Crippen LogP contribution >= 0.6 is 0 Å². The molecule has 1 aromatic carbocycles. The molecule has 0 aliphatic rings. The second-order valence-corrected chi connectivity index (χ2v) is 5.09. The van der Waals surface area contributed by atoms with Crippen LogP contribution in [0, 0.1) is 11.7 Å². The summed E-state index contributed by atoms with van der Waals surface area (Å²) in [5.41, 5.74) is 0.951. The van der Waals surface area contributed by atoms with Gasteiger partial charge in [0, 0.05) is 13.5 Å². The second kappa shape index (κ2) is 7.62. The summed E-state index contributed by atoms with van der Waals surface area (Å²) in [4.78, 5) is 23.0. The number of halogens is 1. The van der Waals surface area contributed by atoms with E-state index in [0.717, 1.165) is 5.56 Å². The normalized spacial score (nSPS) is 12.1. The molecule has 5 heteroatoms. The molecule has 0 aromatic heterocycles. The van der Waals surface area contributed by atoms with E-state index in [4.69, 9.17) is 0 Å². The first-order chi connectivity index (χ1) is 9.40. The van der Waals surface area contributed by atoms with Crippen LogP contribution in [0.1, 0.15) is 26.3 Å². The Morgan fingerprint density at radius 2 is 1.80 bits per heavy atom. The molecule has 0 saturated heterocycles. The van der Waals surface area contributed by atoms with Crippen molar-refractivity contribution in [1.82, 2.24) is 10.6 Å². The van der Waals surface area contributed by atoms with E-state index >= 15 is 0 Å². The molecular formula is C15H21FN2O2. The molecule has 0 saturated carbocycles. The highest BCUT2D eigenvalue weighted by Crippen LogP contribution is 2.04. The Balaban J connectivity index is 2.44. The van der Waals surface area contributed by atoms with Gasteiger partial charge in [0.1, 0.15) is 11.9 Å². The maximum absolute atomic E-state index is 12.7. The van der Waals surface area contributed by atoms with Gasteiger partial charge in [-0.25, -0.2) is 4.39 Å². The number of carbonyl (C=O) groups excluding carboxylic acids is 2. The molecule has 0 radical (unpaired) electrons. The number of rotatable bonds is 6. The lowest BCUT2D eigenvalue weighted by Gasteiger charge is -2.20. The van der Waals surface area contributed by atoms with Gasteiger partial charge in [-0.1, -0.05) is 26.0 Å². The molecule has 0 fully saturated rings. The van der Waals surface area contributed by atoms with Crippen LogP contribution in [0.4, 0.5) is 4.39 Å². The lowest BCUT2D eigenvalue weighted by molar-refractivity contribution is -0.129. The Morgan fingerprint density at radius 1 is 1.20 bits per heavy atom. The third-order valence-corrected chi connectivity index (χ3v) is 2.93. The van der Waals surface area contributed by atoms with Gasteiger partial charge in [0.2, 0.25) is 11.8 Å². The van der Waals surface area contributed by atoms with Crippen LogP contribution in [0.5, 0.6) is 0 Å². The third kappa shape index (κ3) is 5.38. The molecule has 1 aromatic rings. The molecular weight excluding hydrogens is 259 g/mol. The Hall–Kier alpha value is -1.91. The first kappa shape index (κ1) is 16.1. The molecule has 110 valence electrons. The van der Waals surface area contributed by atoms with E-state index in [1.165, 1.54) is 19.1 Å². The molecule has 0 unspecified atom stereocenters. The number of carbonyl (C=O) groups is 2. The maximum Gasteiger partial charge on any atom is 0.242 e. The molecule has 0 aliphatic heterocycles. The van der Waals surface area contributed by atoms with Gasteiger partial charge in [-0.05, 0) is 30.0 Å². The molecule has 0 aliphatic carbocycles. The summed E-state index contributed by atoms with van der Waals surface area (Å²) < 4.78 is 12.7. The van der Waals surface area contributed by atoms with E-state index in [0.29, 0.717) is 13.0 Å². The number of nitrogens with one attached hydrogen (secondary N) is 2. The van der Waals surface area contributed by atoms with Crippen molar-refractivity contribution in [3.8, 4) is 0 Å². The van der Waals surface area contributed by atoms with Crippen molar-refractivity contribution in [2.45, 2.75) is 33.2 Å². The first-order valence-electron chi connectivity index (χ1n) is 6.69. The minimum Gasteiger partial charge on any atom is -0.354 e. The molecule has 2 amide bonds. The van der Waals surface area contributed by atoms with Crippen LogP contribution in [0.25, 0.3) is 0 Å². The van der Waals surface area contributed by atoms with Gasteiger partial charge >= 0.3 is 0 Å². The second-order valence-electron chi connectivity index (χ2n) is 5.09. The molecule has 0 spiro atoms. The minimum absolute atomic E-state index is 0.0183. The highest BCUT2D eigenvalue weighted by Gasteiger charge is 2.22. The van der Waals surface area contributed by atoms with E-state index in [2.05, 4.69) is 10.6 Å². The van der Waals surface area contributed by atoms with Crippen LogP contribution < -0.4 is 10.6 Å². The summed E-state index contributed by atoms with van der Waals surface area (Å²) >= 11 is 0. The summed E-state index contributed by atoms with van der Waals surface area (Å²) in [7, 11) is 0. The number of benzene rings is 1. The lowest BCUT2D eigenvalue weighted by atomic mass is 10.0. The molecule has 4 nitrogen and oxygen atoms in total. The first-order valence-corrected chi connectivity index (χ1v) is 6.69. The largest absolute Gasteiger partial charge is 0.354 e. The van der Waals surface area contributed by atoms with Crippen LogP contribution in [0.15, 0.2) is 24.3 Å². The zero-order valence-corrected chi connectivity index (χ0v) is 12.1. The van der Waals surface area contributed by atoms with Crippen molar-refractivity contribution in [3.05, 3.63) is 35.6 Å². The average Bonchev–Trinajstić information content (AvgIpc) is 2.37. The zero-order valence-electron chi connectivity index (χ0n) is 12.1. The highest BCUT2D eigenvalue weighted by atomic mass is 19.1. The Morgan fingerprint density at radius 3 is 2.30 bits per heavy atom. The quantitative estimate of drug-likeness (QED) is 0.832. The molecule has 2 N–H and O–H groups in total. The van der Waals surface area contributed by atoms with Gasteiger partial charge < -0.3 is 10.6 Å². The molecule has 1 rings (SSSR count). The van der Waals surface area contributed by atoms with Crippen LogP contribution in [0.3, 0.4) is 0 Å². The third-order valence-electron chi connectivity index (χ3n) is 2.93. The monoisotopic (exact) mass is 280 g/mol. The van der Waals surface area contributed by atoms with Crippen molar-refractivity contribution in [3.63, 3.8) is 0 Å². The predicted octanol–water partition coefficient (Wildman–Crippen LogP) is 1.65. The van der Waals surface area contributed by atoms with Crippen molar-refractivity contribution < 1.29 is 14.0 Å².